The Hall–Kier alpha value is -4.21. The largest absolute Gasteiger partial charge is 0.452 e. The molecule has 0 aliphatic carbocycles. The fourth-order valence-electron chi connectivity index (χ4n) is 2.85. The van der Waals surface area contributed by atoms with Crippen molar-refractivity contribution >= 4 is 40.7 Å². The predicted octanol–water partition coefficient (Wildman–Crippen LogP) is 3.43. The molecule has 0 aliphatic rings. The van der Waals surface area contributed by atoms with E-state index in [1.807, 2.05) is 0 Å². The second-order valence-corrected chi connectivity index (χ2v) is 6.53. The van der Waals surface area contributed by atoms with Crippen LogP contribution in [0.25, 0.3) is 0 Å². The van der Waals surface area contributed by atoms with Gasteiger partial charge < -0.3 is 20.7 Å². The number of rotatable bonds is 6. The summed E-state index contributed by atoms with van der Waals surface area (Å²) in [5, 5.41) is 3.12. The number of nitrogens with zero attached hydrogens (tertiary/aromatic N) is 4. The molecule has 0 aliphatic heterocycles. The SMILES string of the molecule is COC(=O)N(C)c1ccc(Nc2cc(N(C)c3cccc(F)n3)c(C(N)=O)cn2)cc1. The van der Waals surface area contributed by atoms with E-state index in [2.05, 4.69) is 15.3 Å². The van der Waals surface area contributed by atoms with Crippen LogP contribution in [-0.2, 0) is 4.74 Å². The molecular formula is C21H21FN6O3. The monoisotopic (exact) mass is 424 g/mol. The number of anilines is 5. The normalized spacial score (nSPS) is 10.3. The highest BCUT2D eigenvalue weighted by molar-refractivity contribution is 5.99. The number of halogens is 1. The third kappa shape index (κ3) is 4.86. The van der Waals surface area contributed by atoms with Crippen LogP contribution in [0.15, 0.2) is 54.7 Å². The van der Waals surface area contributed by atoms with Crippen LogP contribution < -0.4 is 20.9 Å². The van der Waals surface area contributed by atoms with E-state index < -0.39 is 17.9 Å². The summed E-state index contributed by atoms with van der Waals surface area (Å²) in [6.07, 6.45) is 0.859. The zero-order valence-corrected chi connectivity index (χ0v) is 17.2. The number of aromatic nitrogens is 2. The summed E-state index contributed by atoms with van der Waals surface area (Å²) in [6, 6.07) is 13.0. The summed E-state index contributed by atoms with van der Waals surface area (Å²) < 4.78 is 18.2. The smallest absolute Gasteiger partial charge is 0.413 e. The van der Waals surface area contributed by atoms with Crippen molar-refractivity contribution < 1.29 is 18.7 Å². The highest BCUT2D eigenvalue weighted by Gasteiger charge is 2.17. The molecule has 0 unspecified atom stereocenters. The lowest BCUT2D eigenvalue weighted by Gasteiger charge is -2.21. The van der Waals surface area contributed by atoms with Gasteiger partial charge in [-0.15, -0.1) is 0 Å². The van der Waals surface area contributed by atoms with Gasteiger partial charge in [-0.3, -0.25) is 9.69 Å². The minimum atomic E-state index is -0.674. The van der Waals surface area contributed by atoms with E-state index in [1.54, 1.807) is 55.4 Å². The number of hydrogen-bond donors (Lipinski definition) is 2. The molecule has 0 radical (unpaired) electrons. The highest BCUT2D eigenvalue weighted by Crippen LogP contribution is 2.29. The molecule has 3 N–H and O–H groups in total. The van der Waals surface area contributed by atoms with Crippen LogP contribution >= 0.6 is 0 Å². The quantitative estimate of drug-likeness (QED) is 0.583. The average molecular weight is 424 g/mol. The predicted molar refractivity (Wildman–Crippen MR) is 116 cm³/mol. The van der Waals surface area contributed by atoms with E-state index in [9.17, 15) is 14.0 Å². The molecule has 0 spiro atoms. The first-order valence-electron chi connectivity index (χ1n) is 9.15. The van der Waals surface area contributed by atoms with E-state index in [0.29, 0.717) is 28.7 Å². The molecule has 0 atom stereocenters. The number of methoxy groups -OCH3 is 1. The topological polar surface area (TPSA) is 114 Å². The Bertz CT molecular complexity index is 1110. The molecule has 3 rings (SSSR count). The zero-order chi connectivity index (χ0) is 22.5. The van der Waals surface area contributed by atoms with Crippen LogP contribution in [-0.4, -0.2) is 43.2 Å². The lowest BCUT2D eigenvalue weighted by atomic mass is 10.2. The van der Waals surface area contributed by atoms with E-state index in [0.717, 1.165) is 0 Å². The van der Waals surface area contributed by atoms with Gasteiger partial charge in [0, 0.05) is 37.7 Å². The third-order valence-corrected chi connectivity index (χ3v) is 4.53. The van der Waals surface area contributed by atoms with Gasteiger partial charge in [0.1, 0.15) is 11.6 Å². The van der Waals surface area contributed by atoms with Crippen molar-refractivity contribution in [1.82, 2.24) is 9.97 Å². The number of primary amides is 1. The second-order valence-electron chi connectivity index (χ2n) is 6.53. The summed E-state index contributed by atoms with van der Waals surface area (Å²) in [6.45, 7) is 0. The number of carbonyl (C=O) groups is 2. The van der Waals surface area contributed by atoms with Crippen LogP contribution in [0.2, 0.25) is 0 Å². The summed E-state index contributed by atoms with van der Waals surface area (Å²) in [5.74, 6) is -0.589. The number of benzene rings is 1. The molecule has 0 saturated carbocycles. The van der Waals surface area contributed by atoms with E-state index >= 15 is 0 Å². The molecule has 160 valence electrons. The van der Waals surface area contributed by atoms with Crippen molar-refractivity contribution in [3.05, 3.63) is 66.2 Å². The maximum Gasteiger partial charge on any atom is 0.413 e. The lowest BCUT2D eigenvalue weighted by molar-refractivity contribution is 0.100. The standard InChI is InChI=1S/C21H21FN6O3/c1-27(21(30)31-3)14-9-7-13(8-10-14)25-18-11-16(15(12-24-18)20(23)29)28(2)19-6-4-5-17(22)26-19/h4-12H,1-3H3,(H2,23,29)(H,24,25). The molecule has 1 aromatic carbocycles. The Morgan fingerprint density at radius 1 is 1.13 bits per heavy atom. The Morgan fingerprint density at radius 2 is 1.84 bits per heavy atom. The number of nitrogens with one attached hydrogen (secondary N) is 1. The van der Waals surface area contributed by atoms with Crippen molar-refractivity contribution in [2.75, 3.05) is 36.3 Å². The minimum Gasteiger partial charge on any atom is -0.452 e. The zero-order valence-electron chi connectivity index (χ0n) is 17.2. The summed E-state index contributed by atoms with van der Waals surface area (Å²) >= 11 is 0. The molecule has 31 heavy (non-hydrogen) atoms. The summed E-state index contributed by atoms with van der Waals surface area (Å²) in [4.78, 5) is 34.5. The number of amides is 2. The maximum atomic E-state index is 13.5. The van der Waals surface area contributed by atoms with Crippen molar-refractivity contribution in [1.29, 1.82) is 0 Å². The highest BCUT2D eigenvalue weighted by atomic mass is 19.1. The first-order chi connectivity index (χ1) is 14.8. The van der Waals surface area contributed by atoms with Crippen LogP contribution in [0.4, 0.5) is 37.9 Å². The van der Waals surface area contributed by atoms with Crippen molar-refractivity contribution in [3.8, 4) is 0 Å². The minimum absolute atomic E-state index is 0.161. The molecule has 0 saturated heterocycles. The van der Waals surface area contributed by atoms with E-state index in [1.165, 1.54) is 30.3 Å². The number of nitrogens with two attached hydrogens (primary N) is 1. The van der Waals surface area contributed by atoms with Crippen molar-refractivity contribution in [2.45, 2.75) is 0 Å². The summed E-state index contributed by atoms with van der Waals surface area (Å²) in [7, 11) is 4.55. The fourth-order valence-corrected chi connectivity index (χ4v) is 2.85. The van der Waals surface area contributed by atoms with Crippen molar-refractivity contribution in [3.63, 3.8) is 0 Å². The Balaban J connectivity index is 1.88. The molecule has 2 aromatic heterocycles. The van der Waals surface area contributed by atoms with Gasteiger partial charge in [0.05, 0.1) is 18.4 Å². The molecular weight excluding hydrogens is 403 g/mol. The molecule has 2 heterocycles. The molecule has 0 bridgehead atoms. The van der Waals surface area contributed by atoms with E-state index in [-0.39, 0.29) is 5.56 Å². The number of hydrogen-bond acceptors (Lipinski definition) is 7. The van der Waals surface area contributed by atoms with Crippen LogP contribution in [0.5, 0.6) is 0 Å². The maximum absolute atomic E-state index is 13.5. The van der Waals surface area contributed by atoms with Gasteiger partial charge >= 0.3 is 6.09 Å². The fraction of sp³-hybridized carbons (Fsp3) is 0.143. The molecule has 0 fully saturated rings. The Morgan fingerprint density at radius 3 is 2.45 bits per heavy atom. The first-order valence-corrected chi connectivity index (χ1v) is 9.15. The first kappa shape index (κ1) is 21.5. The van der Waals surface area contributed by atoms with Gasteiger partial charge in [-0.25, -0.2) is 14.8 Å². The van der Waals surface area contributed by atoms with Crippen LogP contribution in [0.3, 0.4) is 0 Å². The van der Waals surface area contributed by atoms with Crippen molar-refractivity contribution in [2.24, 2.45) is 5.73 Å². The van der Waals surface area contributed by atoms with Gasteiger partial charge in [0.25, 0.3) is 5.91 Å². The number of ether oxygens (including phenoxy) is 1. The van der Waals surface area contributed by atoms with Gasteiger partial charge in [-0.05, 0) is 36.4 Å². The van der Waals surface area contributed by atoms with Crippen LogP contribution in [0.1, 0.15) is 10.4 Å². The number of carbonyl (C=O) groups excluding carboxylic acids is 2. The van der Waals surface area contributed by atoms with Gasteiger partial charge in [-0.1, -0.05) is 6.07 Å². The van der Waals surface area contributed by atoms with Gasteiger partial charge in [-0.2, -0.15) is 4.39 Å². The van der Waals surface area contributed by atoms with E-state index in [4.69, 9.17) is 10.5 Å². The average Bonchev–Trinajstić information content (AvgIpc) is 2.77. The molecule has 10 heteroatoms. The van der Waals surface area contributed by atoms with Gasteiger partial charge in [0.15, 0.2) is 0 Å². The summed E-state index contributed by atoms with van der Waals surface area (Å²) in [5.41, 5.74) is 7.39. The Kier molecular flexibility index (Phi) is 6.29. The Labute approximate surface area is 178 Å². The van der Waals surface area contributed by atoms with Gasteiger partial charge in [0.2, 0.25) is 5.95 Å². The van der Waals surface area contributed by atoms with Crippen LogP contribution in [0, 0.1) is 5.95 Å². The second kappa shape index (κ2) is 9.08. The molecule has 3 aromatic rings. The lowest BCUT2D eigenvalue weighted by Crippen LogP contribution is -2.25. The number of pyridine rings is 2. The third-order valence-electron chi connectivity index (χ3n) is 4.53. The molecule has 2 amide bonds. The molecule has 9 nitrogen and oxygen atoms in total.